The number of nitrogens with zero attached hydrogens (tertiary/aromatic N) is 1. The van der Waals surface area contributed by atoms with Crippen molar-refractivity contribution in [3.63, 3.8) is 0 Å². The highest BCUT2D eigenvalue weighted by molar-refractivity contribution is 6.30. The molecule has 0 aliphatic heterocycles. The molecular weight excluding hydrogens is 212 g/mol. The number of halogens is 1. The van der Waals surface area contributed by atoms with Crippen LogP contribution in [0.3, 0.4) is 0 Å². The minimum atomic E-state index is -0.265. The van der Waals surface area contributed by atoms with E-state index in [4.69, 9.17) is 22.5 Å². The molecule has 3 nitrogen and oxygen atoms in total. The molecule has 1 aromatic rings. The zero-order valence-electron chi connectivity index (χ0n) is 8.28. The van der Waals surface area contributed by atoms with Crippen LogP contribution in [0.2, 0.25) is 5.02 Å². The number of oxime groups is 1. The van der Waals surface area contributed by atoms with Gasteiger partial charge >= 0.3 is 0 Å². The number of hydrogen-bond acceptors (Lipinski definition) is 2. The SMILES string of the molecule is NC(=NO)C1(c2ccc(Cl)cc2)CCC1. The first-order valence-electron chi connectivity index (χ1n) is 4.93. The summed E-state index contributed by atoms with van der Waals surface area (Å²) in [6.45, 7) is 0. The number of rotatable bonds is 2. The molecule has 0 radical (unpaired) electrons. The van der Waals surface area contributed by atoms with E-state index in [9.17, 15) is 0 Å². The minimum absolute atomic E-state index is 0.265. The fourth-order valence-electron chi connectivity index (χ4n) is 2.09. The molecule has 0 bridgehead atoms. The molecule has 0 aromatic heterocycles. The van der Waals surface area contributed by atoms with Crippen LogP contribution in [0.25, 0.3) is 0 Å². The Balaban J connectivity index is 2.38. The van der Waals surface area contributed by atoms with Crippen LogP contribution in [0.4, 0.5) is 0 Å². The van der Waals surface area contributed by atoms with E-state index in [0.717, 1.165) is 24.8 Å². The van der Waals surface area contributed by atoms with E-state index in [-0.39, 0.29) is 5.41 Å². The third kappa shape index (κ3) is 1.57. The van der Waals surface area contributed by atoms with E-state index in [2.05, 4.69) is 5.16 Å². The van der Waals surface area contributed by atoms with Crippen molar-refractivity contribution in [3.8, 4) is 0 Å². The topological polar surface area (TPSA) is 58.6 Å². The summed E-state index contributed by atoms with van der Waals surface area (Å²) < 4.78 is 0. The van der Waals surface area contributed by atoms with Crippen molar-refractivity contribution < 1.29 is 5.21 Å². The molecule has 1 aromatic carbocycles. The highest BCUT2D eigenvalue weighted by Crippen LogP contribution is 2.44. The monoisotopic (exact) mass is 224 g/mol. The second kappa shape index (κ2) is 3.74. The van der Waals surface area contributed by atoms with Gasteiger partial charge in [-0.2, -0.15) is 0 Å². The zero-order chi connectivity index (χ0) is 10.9. The molecule has 15 heavy (non-hydrogen) atoms. The van der Waals surface area contributed by atoms with Crippen molar-refractivity contribution in [1.82, 2.24) is 0 Å². The number of nitrogens with two attached hydrogens (primary N) is 1. The summed E-state index contributed by atoms with van der Waals surface area (Å²) in [5.41, 5.74) is 6.56. The first-order chi connectivity index (χ1) is 7.19. The third-order valence-electron chi connectivity index (χ3n) is 3.20. The van der Waals surface area contributed by atoms with Crippen LogP contribution >= 0.6 is 11.6 Å². The molecule has 0 atom stereocenters. The molecule has 80 valence electrons. The lowest BCUT2D eigenvalue weighted by Crippen LogP contribution is -2.46. The molecule has 1 saturated carbocycles. The van der Waals surface area contributed by atoms with Crippen LogP contribution in [-0.2, 0) is 5.41 Å². The van der Waals surface area contributed by atoms with E-state index in [1.165, 1.54) is 0 Å². The molecular formula is C11H13ClN2O. The van der Waals surface area contributed by atoms with Gasteiger partial charge in [0.15, 0.2) is 0 Å². The first kappa shape index (κ1) is 10.3. The highest BCUT2D eigenvalue weighted by atomic mass is 35.5. The summed E-state index contributed by atoms with van der Waals surface area (Å²) in [5.74, 6) is 0.302. The summed E-state index contributed by atoms with van der Waals surface area (Å²) >= 11 is 5.83. The molecule has 0 amide bonds. The maximum atomic E-state index is 8.79. The van der Waals surface area contributed by atoms with Crippen molar-refractivity contribution in [2.75, 3.05) is 0 Å². The van der Waals surface area contributed by atoms with Gasteiger partial charge in [-0.15, -0.1) is 0 Å². The van der Waals surface area contributed by atoms with Gasteiger partial charge in [-0.05, 0) is 30.5 Å². The predicted molar refractivity (Wildman–Crippen MR) is 60.4 cm³/mol. The van der Waals surface area contributed by atoms with Gasteiger partial charge in [-0.3, -0.25) is 0 Å². The fourth-order valence-corrected chi connectivity index (χ4v) is 2.21. The largest absolute Gasteiger partial charge is 0.409 e. The molecule has 0 heterocycles. The van der Waals surface area contributed by atoms with E-state index >= 15 is 0 Å². The summed E-state index contributed by atoms with van der Waals surface area (Å²) in [4.78, 5) is 0. The molecule has 1 aliphatic rings. The lowest BCUT2D eigenvalue weighted by atomic mass is 9.63. The van der Waals surface area contributed by atoms with Gasteiger partial charge in [0, 0.05) is 5.02 Å². The molecule has 0 saturated heterocycles. The molecule has 1 aliphatic carbocycles. The molecule has 3 N–H and O–H groups in total. The van der Waals surface area contributed by atoms with Gasteiger partial charge < -0.3 is 10.9 Å². The molecule has 1 fully saturated rings. The zero-order valence-corrected chi connectivity index (χ0v) is 9.04. The number of benzene rings is 1. The van der Waals surface area contributed by atoms with Crippen LogP contribution in [0.5, 0.6) is 0 Å². The molecule has 4 heteroatoms. The average Bonchev–Trinajstić information content (AvgIpc) is 2.19. The summed E-state index contributed by atoms with van der Waals surface area (Å²) in [5, 5.41) is 12.6. The molecule has 0 spiro atoms. The summed E-state index contributed by atoms with van der Waals surface area (Å²) in [6.07, 6.45) is 2.98. The first-order valence-corrected chi connectivity index (χ1v) is 5.31. The molecule has 2 rings (SSSR count). The van der Waals surface area contributed by atoms with Crippen molar-refractivity contribution >= 4 is 17.4 Å². The Kier molecular flexibility index (Phi) is 2.57. The van der Waals surface area contributed by atoms with Gasteiger partial charge in [0.25, 0.3) is 0 Å². The van der Waals surface area contributed by atoms with Crippen LogP contribution in [0.15, 0.2) is 29.4 Å². The van der Waals surface area contributed by atoms with Crippen LogP contribution in [0, 0.1) is 0 Å². The number of hydrogen-bond donors (Lipinski definition) is 2. The lowest BCUT2D eigenvalue weighted by molar-refractivity contribution is 0.286. The fraction of sp³-hybridized carbons (Fsp3) is 0.364. The van der Waals surface area contributed by atoms with Crippen molar-refractivity contribution in [2.24, 2.45) is 10.9 Å². The average molecular weight is 225 g/mol. The highest BCUT2D eigenvalue weighted by Gasteiger charge is 2.42. The quantitative estimate of drug-likeness (QED) is 0.351. The van der Waals surface area contributed by atoms with Gasteiger partial charge in [0.2, 0.25) is 0 Å². The van der Waals surface area contributed by atoms with E-state index in [0.29, 0.717) is 10.9 Å². The Morgan fingerprint density at radius 3 is 2.33 bits per heavy atom. The van der Waals surface area contributed by atoms with Crippen molar-refractivity contribution in [1.29, 1.82) is 0 Å². The summed E-state index contributed by atoms with van der Waals surface area (Å²) in [6, 6.07) is 7.56. The lowest BCUT2D eigenvalue weighted by Gasteiger charge is -2.41. The Bertz CT molecular complexity index is 382. The predicted octanol–water partition coefficient (Wildman–Crippen LogP) is 2.51. The maximum absolute atomic E-state index is 8.79. The van der Waals surface area contributed by atoms with Gasteiger partial charge in [-0.1, -0.05) is 35.3 Å². The van der Waals surface area contributed by atoms with Gasteiger partial charge in [0.1, 0.15) is 5.84 Å². The standard InChI is InChI=1S/C11H13ClN2O/c12-9-4-2-8(3-5-9)11(6-1-7-11)10(13)14-15/h2-5,15H,1,6-7H2,(H2,13,14). The summed E-state index contributed by atoms with van der Waals surface area (Å²) in [7, 11) is 0. The second-order valence-electron chi connectivity index (χ2n) is 3.93. The van der Waals surface area contributed by atoms with Gasteiger partial charge in [-0.25, -0.2) is 0 Å². The molecule has 0 unspecified atom stereocenters. The maximum Gasteiger partial charge on any atom is 0.149 e. The minimum Gasteiger partial charge on any atom is -0.409 e. The number of amidine groups is 1. The van der Waals surface area contributed by atoms with Crippen molar-refractivity contribution in [3.05, 3.63) is 34.9 Å². The van der Waals surface area contributed by atoms with Crippen LogP contribution in [0.1, 0.15) is 24.8 Å². The van der Waals surface area contributed by atoms with Crippen molar-refractivity contribution in [2.45, 2.75) is 24.7 Å². The van der Waals surface area contributed by atoms with Crippen LogP contribution in [-0.4, -0.2) is 11.0 Å². The Hall–Kier alpha value is -1.22. The van der Waals surface area contributed by atoms with Gasteiger partial charge in [0.05, 0.1) is 5.41 Å². The Morgan fingerprint density at radius 1 is 1.33 bits per heavy atom. The smallest absolute Gasteiger partial charge is 0.149 e. The normalized spacial score (nSPS) is 19.7. The Labute approximate surface area is 93.5 Å². The van der Waals surface area contributed by atoms with E-state index in [1.54, 1.807) is 0 Å². The Morgan fingerprint density at radius 2 is 1.93 bits per heavy atom. The van der Waals surface area contributed by atoms with E-state index < -0.39 is 0 Å². The third-order valence-corrected chi connectivity index (χ3v) is 3.45. The second-order valence-corrected chi connectivity index (χ2v) is 4.36. The van der Waals surface area contributed by atoms with Crippen LogP contribution < -0.4 is 5.73 Å². The van der Waals surface area contributed by atoms with E-state index in [1.807, 2.05) is 24.3 Å².